The van der Waals surface area contributed by atoms with Gasteiger partial charge in [0.2, 0.25) is 21.9 Å². The minimum absolute atomic E-state index is 0.121. The molecule has 0 amide bonds. The van der Waals surface area contributed by atoms with Gasteiger partial charge < -0.3 is 25.0 Å². The number of rotatable bonds is 5. The summed E-state index contributed by atoms with van der Waals surface area (Å²) in [6.45, 7) is 5.34. The van der Waals surface area contributed by atoms with Crippen LogP contribution in [0.25, 0.3) is 11.3 Å². The Morgan fingerprint density at radius 1 is 1.15 bits per heavy atom. The van der Waals surface area contributed by atoms with Crippen molar-refractivity contribution in [2.24, 2.45) is 0 Å². The Kier molecular flexibility index (Phi) is 6.04. The lowest BCUT2D eigenvalue weighted by Gasteiger charge is -2.35. The van der Waals surface area contributed by atoms with Crippen molar-refractivity contribution in [3.8, 4) is 11.3 Å². The molecule has 34 heavy (non-hydrogen) atoms. The van der Waals surface area contributed by atoms with Gasteiger partial charge in [0.25, 0.3) is 0 Å². The molecule has 0 aliphatic carbocycles. The predicted molar refractivity (Wildman–Crippen MR) is 127 cm³/mol. The van der Waals surface area contributed by atoms with Gasteiger partial charge in [0.1, 0.15) is 5.82 Å². The summed E-state index contributed by atoms with van der Waals surface area (Å²) in [5.41, 5.74) is 8.24. The minimum atomic E-state index is -3.33. The molecule has 3 atom stereocenters. The van der Waals surface area contributed by atoms with Gasteiger partial charge in [0.05, 0.1) is 43.4 Å². The topological polar surface area (TPSA) is 140 Å². The number of nitrogens with zero attached hydrogens (tertiary/aromatic N) is 7. The first-order valence-corrected chi connectivity index (χ1v) is 13.2. The third-order valence-electron chi connectivity index (χ3n) is 6.79. The number of nitrogen functional groups attached to an aromatic ring is 1. The van der Waals surface area contributed by atoms with E-state index < -0.39 is 10.0 Å². The fourth-order valence-corrected chi connectivity index (χ4v) is 5.81. The number of aromatic nitrogens is 4. The Balaban J connectivity index is 1.59. The van der Waals surface area contributed by atoms with Crippen molar-refractivity contribution >= 4 is 27.7 Å². The maximum absolute atomic E-state index is 12.2. The first-order chi connectivity index (χ1) is 16.3. The number of nitrogens with two attached hydrogens (primary N) is 1. The fraction of sp³-hybridized carbons (Fsp3) is 0.619. The van der Waals surface area contributed by atoms with Crippen LogP contribution in [0.5, 0.6) is 0 Å². The molecule has 0 unspecified atom stereocenters. The maximum atomic E-state index is 12.2. The van der Waals surface area contributed by atoms with Crippen molar-refractivity contribution in [3.63, 3.8) is 0 Å². The van der Waals surface area contributed by atoms with Crippen molar-refractivity contribution in [1.29, 1.82) is 0 Å². The molecule has 13 heteroatoms. The van der Waals surface area contributed by atoms with E-state index in [0.29, 0.717) is 45.3 Å². The second-order valence-corrected chi connectivity index (χ2v) is 11.0. The molecule has 0 bridgehead atoms. The molecule has 3 aliphatic rings. The van der Waals surface area contributed by atoms with Gasteiger partial charge in [0, 0.05) is 56.8 Å². The fourth-order valence-electron chi connectivity index (χ4n) is 4.97. The summed E-state index contributed by atoms with van der Waals surface area (Å²) >= 11 is 0. The normalized spacial score (nSPS) is 25.7. The molecule has 0 radical (unpaired) electrons. The van der Waals surface area contributed by atoms with Crippen molar-refractivity contribution in [1.82, 2.24) is 24.2 Å². The van der Waals surface area contributed by atoms with Gasteiger partial charge in [-0.2, -0.15) is 9.29 Å². The van der Waals surface area contributed by atoms with E-state index in [1.54, 1.807) is 19.5 Å². The van der Waals surface area contributed by atoms with E-state index >= 15 is 0 Å². The van der Waals surface area contributed by atoms with Crippen LogP contribution in [-0.4, -0.2) is 104 Å². The zero-order valence-electron chi connectivity index (χ0n) is 19.6. The summed E-state index contributed by atoms with van der Waals surface area (Å²) in [4.78, 5) is 22.6. The molecular formula is C21H30N8O4S. The third-order valence-corrected chi connectivity index (χ3v) is 8.03. The average Bonchev–Trinajstić information content (AvgIpc) is 3.43. The van der Waals surface area contributed by atoms with Gasteiger partial charge in [-0.05, 0) is 13.3 Å². The van der Waals surface area contributed by atoms with Crippen LogP contribution < -0.4 is 15.5 Å². The van der Waals surface area contributed by atoms with E-state index in [4.69, 9.17) is 25.2 Å². The van der Waals surface area contributed by atoms with Crippen molar-refractivity contribution in [3.05, 3.63) is 18.0 Å². The largest absolute Gasteiger partial charge is 0.378 e. The SMILES string of the molecule is CO[C@@H]1CN(S(C)(=O)=O)C[C@H]1N1CCc2c(-c3cnc(N)nc3)nc(N3CCOC[C@@H]3C)nc21. The number of hydrogen-bond donors (Lipinski definition) is 1. The standard InChI is InChI=1S/C21H30N8O4S/c1-13-12-33-7-6-28(13)21-25-18(14-8-23-20(22)24-9-14)15-4-5-29(19(15)26-21)16-10-27(34(3,30)31)11-17(16)32-2/h8-9,13,16-17H,4-7,10-12H2,1-3H3,(H2,22,23,24)/t13-,16+,17+/m0/s1. The average molecular weight is 491 g/mol. The molecule has 2 aromatic heterocycles. The van der Waals surface area contributed by atoms with Crippen molar-refractivity contribution in [2.45, 2.75) is 31.5 Å². The molecule has 2 saturated heterocycles. The number of morpholine rings is 1. The number of fused-ring (bicyclic) bond motifs is 1. The number of ether oxygens (including phenoxy) is 2. The van der Waals surface area contributed by atoms with Gasteiger partial charge in [-0.1, -0.05) is 0 Å². The summed E-state index contributed by atoms with van der Waals surface area (Å²) in [6, 6.07) is -0.0301. The Hall–Kier alpha value is -2.61. The quantitative estimate of drug-likeness (QED) is 0.594. The van der Waals surface area contributed by atoms with Crippen LogP contribution in [0.15, 0.2) is 12.4 Å². The molecule has 2 N–H and O–H groups in total. The van der Waals surface area contributed by atoms with Crippen LogP contribution >= 0.6 is 0 Å². The highest BCUT2D eigenvalue weighted by Crippen LogP contribution is 2.38. The summed E-state index contributed by atoms with van der Waals surface area (Å²) in [5.74, 6) is 1.62. The molecule has 2 aromatic rings. The lowest BCUT2D eigenvalue weighted by molar-refractivity contribution is 0.0980. The number of anilines is 3. The molecule has 184 valence electrons. The lowest BCUT2D eigenvalue weighted by atomic mass is 10.1. The number of methoxy groups -OCH3 is 1. The third kappa shape index (κ3) is 4.17. The van der Waals surface area contributed by atoms with Gasteiger partial charge in [-0.15, -0.1) is 0 Å². The van der Waals surface area contributed by atoms with Crippen LogP contribution in [0.4, 0.5) is 17.7 Å². The van der Waals surface area contributed by atoms with Gasteiger partial charge in [-0.3, -0.25) is 0 Å². The van der Waals surface area contributed by atoms with Crippen LogP contribution in [-0.2, 0) is 25.9 Å². The summed E-state index contributed by atoms with van der Waals surface area (Å²) in [7, 11) is -1.71. The highest BCUT2D eigenvalue weighted by molar-refractivity contribution is 7.88. The molecule has 0 spiro atoms. The highest BCUT2D eigenvalue weighted by Gasteiger charge is 2.43. The second-order valence-electron chi connectivity index (χ2n) is 8.99. The minimum Gasteiger partial charge on any atom is -0.378 e. The highest BCUT2D eigenvalue weighted by atomic mass is 32.2. The first-order valence-electron chi connectivity index (χ1n) is 11.3. The molecule has 5 rings (SSSR count). The monoisotopic (exact) mass is 490 g/mol. The van der Waals surface area contributed by atoms with E-state index in [1.807, 2.05) is 0 Å². The summed E-state index contributed by atoms with van der Waals surface area (Å²) in [6.07, 6.45) is 5.06. The molecular weight excluding hydrogens is 460 g/mol. The Labute approximate surface area is 199 Å². The van der Waals surface area contributed by atoms with Crippen LogP contribution in [0.3, 0.4) is 0 Å². The number of sulfonamides is 1. The Bertz CT molecular complexity index is 1160. The van der Waals surface area contributed by atoms with E-state index in [0.717, 1.165) is 29.1 Å². The lowest BCUT2D eigenvalue weighted by Crippen LogP contribution is -2.46. The summed E-state index contributed by atoms with van der Waals surface area (Å²) in [5, 5.41) is 0. The molecule has 2 fully saturated rings. The zero-order chi connectivity index (χ0) is 24.0. The van der Waals surface area contributed by atoms with E-state index in [-0.39, 0.29) is 24.1 Å². The van der Waals surface area contributed by atoms with Gasteiger partial charge >= 0.3 is 0 Å². The van der Waals surface area contributed by atoms with E-state index in [1.165, 1.54) is 10.6 Å². The Morgan fingerprint density at radius 3 is 2.59 bits per heavy atom. The van der Waals surface area contributed by atoms with Gasteiger partial charge in [0.15, 0.2) is 0 Å². The molecule has 3 aliphatic heterocycles. The van der Waals surface area contributed by atoms with Crippen molar-refractivity contribution in [2.75, 3.05) is 68.3 Å². The maximum Gasteiger partial charge on any atom is 0.228 e. The van der Waals surface area contributed by atoms with Crippen molar-refractivity contribution < 1.29 is 17.9 Å². The van der Waals surface area contributed by atoms with Crippen LogP contribution in [0.1, 0.15) is 12.5 Å². The predicted octanol–water partition coefficient (Wildman–Crippen LogP) is -0.238. The molecule has 5 heterocycles. The van der Waals surface area contributed by atoms with E-state index in [2.05, 4.69) is 26.7 Å². The molecule has 0 saturated carbocycles. The zero-order valence-corrected chi connectivity index (χ0v) is 20.4. The van der Waals surface area contributed by atoms with E-state index in [9.17, 15) is 8.42 Å². The molecule has 12 nitrogen and oxygen atoms in total. The smallest absolute Gasteiger partial charge is 0.228 e. The molecule has 0 aromatic carbocycles. The van der Waals surface area contributed by atoms with Gasteiger partial charge in [-0.25, -0.2) is 23.4 Å². The summed E-state index contributed by atoms with van der Waals surface area (Å²) < 4.78 is 37.3. The number of hydrogen-bond acceptors (Lipinski definition) is 11. The first kappa shape index (κ1) is 23.1. The second kappa shape index (κ2) is 8.87. The Morgan fingerprint density at radius 2 is 1.91 bits per heavy atom. The van der Waals surface area contributed by atoms with Crippen LogP contribution in [0, 0.1) is 0 Å². The van der Waals surface area contributed by atoms with Crippen LogP contribution in [0.2, 0.25) is 0 Å².